The molecule has 0 spiro atoms. The van der Waals surface area contributed by atoms with Crippen LogP contribution in [0, 0.1) is 0 Å². The molecule has 6 nitrogen and oxygen atoms in total. The van der Waals surface area contributed by atoms with Gasteiger partial charge < -0.3 is 19.2 Å². The Balaban J connectivity index is 2.38. The highest BCUT2D eigenvalue weighted by Gasteiger charge is 2.45. The molecule has 1 aliphatic rings. The number of aliphatic hydroxyl groups is 1. The Labute approximate surface area is 220 Å². The predicted molar refractivity (Wildman–Crippen MR) is 152 cm³/mol. The van der Waals surface area contributed by atoms with Crippen LogP contribution in [0.4, 0.5) is 4.79 Å². The van der Waals surface area contributed by atoms with Gasteiger partial charge in [-0.1, -0.05) is 54.6 Å². The largest absolute Gasteiger partial charge is 0.444 e. The summed E-state index contributed by atoms with van der Waals surface area (Å²) in [6.45, 7) is 29.8. The highest BCUT2D eigenvalue weighted by atomic mass is 32.1. The molecule has 202 valence electrons. The van der Waals surface area contributed by atoms with Gasteiger partial charge >= 0.3 is 6.09 Å². The van der Waals surface area contributed by atoms with E-state index in [0.29, 0.717) is 32.5 Å². The van der Waals surface area contributed by atoms with E-state index in [1.165, 1.54) is 0 Å². The second-order valence-corrected chi connectivity index (χ2v) is 25.6. The third-order valence-corrected chi connectivity index (χ3v) is 20.5. The van der Waals surface area contributed by atoms with Gasteiger partial charge in [-0.3, -0.25) is 0 Å². The number of hydrogen-bond donors (Lipinski definition) is 1. The normalized spacial score (nSPS) is 18.1. The molecule has 0 saturated carbocycles. The predicted octanol–water partition coefficient (Wildman–Crippen LogP) is 6.60. The Morgan fingerprint density at radius 2 is 1.51 bits per heavy atom. The van der Waals surface area contributed by atoms with Gasteiger partial charge in [0.2, 0.25) is 0 Å². The number of aromatic nitrogens is 1. The molecular formula is C26H50N2O4SSi2. The number of carbonyl (C=O) groups excluding carboxylic acids is 1. The van der Waals surface area contributed by atoms with Gasteiger partial charge in [-0.05, 0) is 56.8 Å². The summed E-state index contributed by atoms with van der Waals surface area (Å²) in [5, 5.41) is 12.1. The quantitative estimate of drug-likeness (QED) is 0.425. The first kappa shape index (κ1) is 30.5. The van der Waals surface area contributed by atoms with Crippen molar-refractivity contribution in [2.75, 3.05) is 13.1 Å². The van der Waals surface area contributed by atoms with E-state index in [0.717, 1.165) is 15.2 Å². The van der Waals surface area contributed by atoms with Gasteiger partial charge in [0.05, 0.1) is 21.8 Å². The monoisotopic (exact) mass is 542 g/mol. The number of ether oxygens (including phenoxy) is 1. The summed E-state index contributed by atoms with van der Waals surface area (Å²) in [5.41, 5.74) is -0.662. The van der Waals surface area contributed by atoms with Crippen LogP contribution in [0.2, 0.25) is 36.3 Å². The Morgan fingerprint density at radius 1 is 1.00 bits per heavy atom. The van der Waals surface area contributed by atoms with Gasteiger partial charge in [0.25, 0.3) is 0 Å². The van der Waals surface area contributed by atoms with E-state index in [2.05, 4.69) is 67.7 Å². The second kappa shape index (κ2) is 9.85. The molecule has 0 unspecified atom stereocenters. The average Bonchev–Trinajstić information content (AvgIpc) is 3.09. The van der Waals surface area contributed by atoms with E-state index in [4.69, 9.17) is 14.1 Å². The summed E-state index contributed by atoms with van der Waals surface area (Å²) < 4.78 is 13.3. The zero-order valence-electron chi connectivity index (χ0n) is 24.5. The van der Waals surface area contributed by atoms with Crippen LogP contribution in [0.15, 0.2) is 0 Å². The Kier molecular flexibility index (Phi) is 8.58. The minimum atomic E-state index is -1.98. The van der Waals surface area contributed by atoms with Gasteiger partial charge in [0, 0.05) is 13.1 Å². The van der Waals surface area contributed by atoms with E-state index < -0.39 is 27.6 Å². The number of nitrogens with zero attached hydrogens (tertiary/aromatic N) is 2. The topological polar surface area (TPSA) is 71.9 Å². The number of likely N-dealkylation sites (tertiary alicyclic amines) is 1. The SMILES string of the molecule is CC(C)(C)OC(=O)N1CCC(O)(c2sc([Si](C)(C)C(C)(C)C)nc2CO[Si](C)(C)C(C)(C)C)CC1. The fraction of sp³-hybridized carbons (Fsp3) is 0.846. The molecule has 0 bridgehead atoms. The molecule has 1 N–H and O–H groups in total. The van der Waals surface area contributed by atoms with E-state index in [1.807, 2.05) is 20.8 Å². The molecule has 1 aromatic heterocycles. The third-order valence-electron chi connectivity index (χ3n) is 8.15. The summed E-state index contributed by atoms with van der Waals surface area (Å²) in [4.78, 5) is 20.4. The van der Waals surface area contributed by atoms with Crippen LogP contribution in [0.5, 0.6) is 0 Å². The van der Waals surface area contributed by atoms with Crippen molar-refractivity contribution in [3.05, 3.63) is 10.6 Å². The first-order valence-electron chi connectivity index (χ1n) is 12.9. The van der Waals surface area contributed by atoms with E-state index in [-0.39, 0.29) is 16.2 Å². The minimum absolute atomic E-state index is 0.0983. The maximum atomic E-state index is 12.6. The Hall–Kier alpha value is -0.746. The molecule has 0 radical (unpaired) electrons. The van der Waals surface area contributed by atoms with Crippen molar-refractivity contribution < 1.29 is 19.1 Å². The van der Waals surface area contributed by atoms with Crippen LogP contribution in [0.3, 0.4) is 0 Å². The van der Waals surface area contributed by atoms with Crippen molar-refractivity contribution >= 4 is 38.5 Å². The van der Waals surface area contributed by atoms with Crippen molar-refractivity contribution in [1.29, 1.82) is 0 Å². The molecule has 35 heavy (non-hydrogen) atoms. The lowest BCUT2D eigenvalue weighted by Gasteiger charge is -2.39. The number of hydrogen-bond acceptors (Lipinski definition) is 6. The maximum Gasteiger partial charge on any atom is 0.410 e. The zero-order valence-corrected chi connectivity index (χ0v) is 27.3. The number of thiazole rings is 1. The molecule has 1 fully saturated rings. The summed E-state index contributed by atoms with van der Waals surface area (Å²) in [7, 11) is -3.87. The molecular weight excluding hydrogens is 493 g/mol. The van der Waals surface area contributed by atoms with Gasteiger partial charge in [-0.2, -0.15) is 0 Å². The average molecular weight is 543 g/mol. The standard InChI is InChI=1S/C26H50N2O4SSi2/c1-23(2,3)32-22(29)28-16-14-26(30,15-17-28)20-19(18-31-35(12,13)25(7,8)9)27-21(33-20)34(10,11)24(4,5)6/h30H,14-18H2,1-13H3. The molecule has 2 heterocycles. The minimum Gasteiger partial charge on any atom is -0.444 e. The maximum absolute atomic E-state index is 12.6. The Bertz CT molecular complexity index is 900. The van der Waals surface area contributed by atoms with Crippen LogP contribution < -0.4 is 4.63 Å². The Morgan fingerprint density at radius 3 is 1.94 bits per heavy atom. The molecule has 0 atom stereocenters. The second-order valence-electron chi connectivity index (χ2n) is 14.2. The highest BCUT2D eigenvalue weighted by molar-refractivity contribution is 7.26. The van der Waals surface area contributed by atoms with Crippen LogP contribution in [-0.2, 0) is 21.4 Å². The molecule has 9 heteroatoms. The summed E-state index contributed by atoms with van der Waals surface area (Å²) in [6, 6.07) is 0. The molecule has 0 aliphatic carbocycles. The van der Waals surface area contributed by atoms with Crippen molar-refractivity contribution in [3.8, 4) is 0 Å². The third kappa shape index (κ3) is 6.97. The number of rotatable bonds is 5. The fourth-order valence-corrected chi connectivity index (χ4v) is 8.68. The zero-order chi connectivity index (χ0) is 27.3. The van der Waals surface area contributed by atoms with Crippen molar-refractivity contribution in [3.63, 3.8) is 0 Å². The summed E-state index contributed by atoms with van der Waals surface area (Å²) in [5.74, 6) is 0. The van der Waals surface area contributed by atoms with Crippen LogP contribution in [0.25, 0.3) is 0 Å². The number of piperidine rings is 1. The number of amides is 1. The molecule has 2 rings (SSSR count). The lowest BCUT2D eigenvalue weighted by Crippen LogP contribution is -2.49. The molecule has 1 saturated heterocycles. The molecule has 0 aromatic carbocycles. The first-order chi connectivity index (χ1) is 15.5. The van der Waals surface area contributed by atoms with E-state index in [1.54, 1.807) is 16.2 Å². The highest BCUT2D eigenvalue weighted by Crippen LogP contribution is 2.42. The molecule has 1 amide bonds. The first-order valence-corrected chi connectivity index (χ1v) is 19.6. The smallest absolute Gasteiger partial charge is 0.410 e. The van der Waals surface area contributed by atoms with Crippen molar-refractivity contribution in [2.45, 2.75) is 129 Å². The van der Waals surface area contributed by atoms with Gasteiger partial charge in [0.15, 0.2) is 8.32 Å². The molecule has 1 aromatic rings. The number of carbonyl (C=O) groups is 1. The lowest BCUT2D eigenvalue weighted by atomic mass is 9.89. The van der Waals surface area contributed by atoms with Crippen LogP contribution in [-0.4, -0.2) is 56.2 Å². The lowest BCUT2D eigenvalue weighted by molar-refractivity contribution is -0.0344. The van der Waals surface area contributed by atoms with Gasteiger partial charge in [-0.15, -0.1) is 11.3 Å². The van der Waals surface area contributed by atoms with Crippen LogP contribution >= 0.6 is 11.3 Å². The van der Waals surface area contributed by atoms with Crippen molar-refractivity contribution in [1.82, 2.24) is 9.88 Å². The van der Waals surface area contributed by atoms with Crippen molar-refractivity contribution in [2.24, 2.45) is 0 Å². The van der Waals surface area contributed by atoms with Crippen LogP contribution in [0.1, 0.15) is 85.7 Å². The van der Waals surface area contributed by atoms with Gasteiger partial charge in [0.1, 0.15) is 19.3 Å². The van der Waals surface area contributed by atoms with E-state index >= 15 is 0 Å². The molecule has 1 aliphatic heterocycles. The fourth-order valence-electron chi connectivity index (χ4n) is 3.48. The summed E-state index contributed by atoms with van der Waals surface area (Å²) in [6.07, 6.45) is 0.629. The summed E-state index contributed by atoms with van der Waals surface area (Å²) >= 11 is 1.68. The van der Waals surface area contributed by atoms with Gasteiger partial charge in [-0.25, -0.2) is 9.78 Å². The van der Waals surface area contributed by atoms with E-state index in [9.17, 15) is 9.90 Å².